The summed E-state index contributed by atoms with van der Waals surface area (Å²) < 4.78 is 5.14. The van der Waals surface area contributed by atoms with Crippen molar-refractivity contribution in [2.75, 3.05) is 12.4 Å². The summed E-state index contributed by atoms with van der Waals surface area (Å²) in [5.74, 6) is 0.927. The highest BCUT2D eigenvalue weighted by Crippen LogP contribution is 2.44. The lowest BCUT2D eigenvalue weighted by molar-refractivity contribution is 0.389. The SMILES string of the molecule is CNc1conc1C1CCc2c(C)cccc2C1C. The molecule has 1 aromatic carbocycles. The van der Waals surface area contributed by atoms with Crippen LogP contribution in [0, 0.1) is 6.92 Å². The number of aromatic nitrogens is 1. The topological polar surface area (TPSA) is 38.1 Å². The molecular formula is C16H20N2O. The van der Waals surface area contributed by atoms with E-state index in [9.17, 15) is 0 Å². The second-order valence-electron chi connectivity index (χ2n) is 5.44. The van der Waals surface area contributed by atoms with Crippen LogP contribution in [-0.4, -0.2) is 12.2 Å². The maximum atomic E-state index is 5.14. The Kier molecular flexibility index (Phi) is 3.05. The van der Waals surface area contributed by atoms with Crippen molar-refractivity contribution in [3.63, 3.8) is 0 Å². The summed E-state index contributed by atoms with van der Waals surface area (Å²) in [7, 11) is 1.92. The third-order valence-corrected chi connectivity index (χ3v) is 4.46. The van der Waals surface area contributed by atoms with Crippen LogP contribution in [0.4, 0.5) is 5.69 Å². The molecule has 0 saturated carbocycles. The van der Waals surface area contributed by atoms with Gasteiger partial charge in [-0.05, 0) is 42.4 Å². The van der Waals surface area contributed by atoms with Gasteiger partial charge < -0.3 is 9.84 Å². The van der Waals surface area contributed by atoms with E-state index in [1.165, 1.54) is 16.7 Å². The fraction of sp³-hybridized carbons (Fsp3) is 0.438. The van der Waals surface area contributed by atoms with Gasteiger partial charge in [0.1, 0.15) is 12.0 Å². The average molecular weight is 256 g/mol. The number of anilines is 1. The van der Waals surface area contributed by atoms with Crippen LogP contribution in [0.25, 0.3) is 0 Å². The predicted octanol–water partition coefficient (Wildman–Crippen LogP) is 3.86. The zero-order chi connectivity index (χ0) is 13.4. The highest BCUT2D eigenvalue weighted by molar-refractivity contribution is 5.49. The highest BCUT2D eigenvalue weighted by atomic mass is 16.5. The zero-order valence-electron chi connectivity index (χ0n) is 11.7. The lowest BCUT2D eigenvalue weighted by atomic mass is 9.73. The first kappa shape index (κ1) is 12.3. The zero-order valence-corrected chi connectivity index (χ0v) is 11.7. The standard InChI is InChI=1S/C16H20N2O/c1-10-5-4-6-13-11(2)14(8-7-12(10)13)16-15(17-3)9-19-18-16/h4-6,9,11,14,17H,7-8H2,1-3H3. The van der Waals surface area contributed by atoms with E-state index in [0.717, 1.165) is 24.2 Å². The second-order valence-corrected chi connectivity index (χ2v) is 5.44. The molecule has 1 aliphatic rings. The summed E-state index contributed by atoms with van der Waals surface area (Å²) >= 11 is 0. The molecule has 2 aromatic rings. The first-order chi connectivity index (χ1) is 9.22. The number of benzene rings is 1. The maximum absolute atomic E-state index is 5.14. The van der Waals surface area contributed by atoms with Crippen LogP contribution < -0.4 is 5.32 Å². The van der Waals surface area contributed by atoms with E-state index in [2.05, 4.69) is 42.5 Å². The van der Waals surface area contributed by atoms with Crippen LogP contribution in [-0.2, 0) is 6.42 Å². The normalized spacial score (nSPS) is 22.1. The van der Waals surface area contributed by atoms with Crippen molar-refractivity contribution in [3.8, 4) is 0 Å². The second kappa shape index (κ2) is 4.72. The lowest BCUT2D eigenvalue weighted by Gasteiger charge is -2.31. The first-order valence-corrected chi connectivity index (χ1v) is 6.92. The largest absolute Gasteiger partial charge is 0.384 e. The minimum Gasteiger partial charge on any atom is -0.384 e. The minimum atomic E-state index is 0.440. The molecule has 2 atom stereocenters. The van der Waals surface area contributed by atoms with E-state index in [4.69, 9.17) is 4.52 Å². The van der Waals surface area contributed by atoms with Crippen LogP contribution >= 0.6 is 0 Å². The van der Waals surface area contributed by atoms with Crippen molar-refractivity contribution < 1.29 is 4.52 Å². The molecule has 3 nitrogen and oxygen atoms in total. The van der Waals surface area contributed by atoms with Gasteiger partial charge in [0.15, 0.2) is 0 Å². The van der Waals surface area contributed by atoms with E-state index in [-0.39, 0.29) is 0 Å². The Morgan fingerprint density at radius 2 is 2.21 bits per heavy atom. The van der Waals surface area contributed by atoms with Gasteiger partial charge in [0.2, 0.25) is 0 Å². The molecule has 0 fully saturated rings. The molecule has 19 heavy (non-hydrogen) atoms. The fourth-order valence-corrected chi connectivity index (χ4v) is 3.33. The fourth-order valence-electron chi connectivity index (χ4n) is 3.33. The molecule has 0 radical (unpaired) electrons. The molecule has 1 aromatic heterocycles. The quantitative estimate of drug-likeness (QED) is 0.886. The molecule has 0 spiro atoms. The number of rotatable bonds is 2. The molecule has 3 heteroatoms. The van der Waals surface area contributed by atoms with E-state index >= 15 is 0 Å². The Balaban J connectivity index is 2.00. The van der Waals surface area contributed by atoms with Crippen LogP contribution in [0.15, 0.2) is 29.0 Å². The Bertz CT molecular complexity index is 588. The minimum absolute atomic E-state index is 0.440. The van der Waals surface area contributed by atoms with Crippen LogP contribution in [0.2, 0.25) is 0 Å². The molecule has 0 bridgehead atoms. The smallest absolute Gasteiger partial charge is 0.147 e. The van der Waals surface area contributed by atoms with Gasteiger partial charge in [-0.1, -0.05) is 30.3 Å². The van der Waals surface area contributed by atoms with E-state index in [1.54, 1.807) is 6.26 Å². The van der Waals surface area contributed by atoms with E-state index in [0.29, 0.717) is 11.8 Å². The predicted molar refractivity (Wildman–Crippen MR) is 76.7 cm³/mol. The molecule has 1 N–H and O–H groups in total. The molecule has 1 heterocycles. The van der Waals surface area contributed by atoms with Crippen LogP contribution in [0.5, 0.6) is 0 Å². The lowest BCUT2D eigenvalue weighted by Crippen LogP contribution is -2.19. The summed E-state index contributed by atoms with van der Waals surface area (Å²) in [6.45, 7) is 4.51. The summed E-state index contributed by atoms with van der Waals surface area (Å²) in [5.41, 5.74) is 6.51. The molecule has 1 aliphatic carbocycles. The van der Waals surface area contributed by atoms with Gasteiger partial charge >= 0.3 is 0 Å². The molecule has 0 saturated heterocycles. The molecule has 100 valence electrons. The molecule has 2 unspecified atom stereocenters. The Morgan fingerprint density at radius 1 is 1.37 bits per heavy atom. The van der Waals surface area contributed by atoms with Crippen molar-refractivity contribution in [1.82, 2.24) is 5.16 Å². The third-order valence-electron chi connectivity index (χ3n) is 4.46. The van der Waals surface area contributed by atoms with Gasteiger partial charge in [-0.3, -0.25) is 0 Å². The molecule has 0 amide bonds. The molecule has 3 rings (SSSR count). The first-order valence-electron chi connectivity index (χ1n) is 6.92. The maximum Gasteiger partial charge on any atom is 0.147 e. The van der Waals surface area contributed by atoms with Gasteiger partial charge in [-0.25, -0.2) is 0 Å². The number of hydrogen-bond acceptors (Lipinski definition) is 3. The van der Waals surface area contributed by atoms with Gasteiger partial charge in [0, 0.05) is 13.0 Å². The van der Waals surface area contributed by atoms with Gasteiger partial charge in [0.05, 0.1) is 5.69 Å². The van der Waals surface area contributed by atoms with Crippen LogP contribution in [0.3, 0.4) is 0 Å². The summed E-state index contributed by atoms with van der Waals surface area (Å²) in [6, 6.07) is 6.63. The van der Waals surface area contributed by atoms with Gasteiger partial charge in [-0.2, -0.15) is 0 Å². The third kappa shape index (κ3) is 1.93. The van der Waals surface area contributed by atoms with E-state index < -0.39 is 0 Å². The Labute approximate surface area is 114 Å². The molecule has 0 aliphatic heterocycles. The summed E-state index contributed by atoms with van der Waals surface area (Å²) in [6.07, 6.45) is 3.97. The Hall–Kier alpha value is -1.77. The average Bonchev–Trinajstić information content (AvgIpc) is 2.88. The van der Waals surface area contributed by atoms with E-state index in [1.807, 2.05) is 7.05 Å². The number of fused-ring (bicyclic) bond motifs is 1. The van der Waals surface area contributed by atoms with Gasteiger partial charge in [-0.15, -0.1) is 0 Å². The van der Waals surface area contributed by atoms with Crippen molar-refractivity contribution in [2.45, 2.75) is 38.5 Å². The number of nitrogens with zero attached hydrogens (tertiary/aromatic N) is 1. The Morgan fingerprint density at radius 3 is 3.00 bits per heavy atom. The number of aryl methyl sites for hydroxylation is 1. The van der Waals surface area contributed by atoms with Crippen molar-refractivity contribution in [3.05, 3.63) is 46.8 Å². The van der Waals surface area contributed by atoms with Crippen molar-refractivity contribution in [1.29, 1.82) is 0 Å². The monoisotopic (exact) mass is 256 g/mol. The molecular weight excluding hydrogens is 236 g/mol. The number of hydrogen-bond donors (Lipinski definition) is 1. The van der Waals surface area contributed by atoms with Gasteiger partial charge in [0.25, 0.3) is 0 Å². The number of nitrogens with one attached hydrogen (secondary N) is 1. The summed E-state index contributed by atoms with van der Waals surface area (Å²) in [4.78, 5) is 0. The van der Waals surface area contributed by atoms with Crippen molar-refractivity contribution in [2.24, 2.45) is 0 Å². The van der Waals surface area contributed by atoms with Crippen LogP contribution in [0.1, 0.15) is 47.6 Å². The highest BCUT2D eigenvalue weighted by Gasteiger charge is 2.31. The van der Waals surface area contributed by atoms with Crippen molar-refractivity contribution >= 4 is 5.69 Å². The summed E-state index contributed by atoms with van der Waals surface area (Å²) in [5, 5.41) is 7.39.